The number of hydrogen-bond acceptors (Lipinski definition) is 2. The fourth-order valence-electron chi connectivity index (χ4n) is 2.18. The summed E-state index contributed by atoms with van der Waals surface area (Å²) in [6, 6.07) is 8.77. The lowest BCUT2D eigenvalue weighted by atomic mass is 10.0. The third-order valence-corrected chi connectivity index (χ3v) is 4.79. The van der Waals surface area contributed by atoms with Crippen molar-refractivity contribution in [2.24, 2.45) is 0 Å². The molecule has 0 saturated heterocycles. The number of halogens is 1. The van der Waals surface area contributed by atoms with E-state index in [0.717, 1.165) is 23.6 Å². The number of hydrogen-bond donors (Lipinski definition) is 1. The Hall–Kier alpha value is -0.830. The van der Waals surface area contributed by atoms with Gasteiger partial charge in [0.05, 0.1) is 6.04 Å². The summed E-state index contributed by atoms with van der Waals surface area (Å²) in [5, 5.41) is 6.64. The van der Waals surface area contributed by atoms with Crippen molar-refractivity contribution in [3.8, 4) is 0 Å². The van der Waals surface area contributed by atoms with Crippen molar-refractivity contribution in [3.05, 3.63) is 56.2 Å². The molecule has 1 N–H and O–H groups in total. The number of aryl methyl sites for hydroxylation is 2. The molecule has 1 aromatic carbocycles. The van der Waals surface area contributed by atoms with E-state index in [1.165, 1.54) is 16.0 Å². The van der Waals surface area contributed by atoms with E-state index in [2.05, 4.69) is 49.7 Å². The van der Waals surface area contributed by atoms with Crippen LogP contribution in [0.15, 0.2) is 29.6 Å². The maximum atomic E-state index is 6.13. The van der Waals surface area contributed by atoms with Crippen LogP contribution in [0.1, 0.15) is 41.0 Å². The highest BCUT2D eigenvalue weighted by Gasteiger charge is 2.17. The van der Waals surface area contributed by atoms with Crippen LogP contribution in [0.5, 0.6) is 0 Å². The molecule has 0 aliphatic heterocycles. The standard InChI is InChI=1S/C16H20ClNS/c1-4-8-18-15(16-11(2)7-9-19-16)13-5-6-14(17)12(3)10-13/h5-7,9-10,15,18H,4,8H2,1-3H3. The molecule has 0 amide bonds. The van der Waals surface area contributed by atoms with Gasteiger partial charge in [-0.05, 0) is 61.0 Å². The van der Waals surface area contributed by atoms with Gasteiger partial charge in [0.25, 0.3) is 0 Å². The SMILES string of the molecule is CCCNC(c1ccc(Cl)c(C)c1)c1sccc1C. The first kappa shape index (κ1) is 14.6. The van der Waals surface area contributed by atoms with E-state index in [9.17, 15) is 0 Å². The van der Waals surface area contributed by atoms with Gasteiger partial charge in [0, 0.05) is 9.90 Å². The van der Waals surface area contributed by atoms with Crippen LogP contribution in [0.4, 0.5) is 0 Å². The second-order valence-electron chi connectivity index (χ2n) is 4.86. The van der Waals surface area contributed by atoms with Crippen LogP contribution in [0, 0.1) is 13.8 Å². The summed E-state index contributed by atoms with van der Waals surface area (Å²) in [7, 11) is 0. The smallest absolute Gasteiger partial charge is 0.0673 e. The molecule has 19 heavy (non-hydrogen) atoms. The summed E-state index contributed by atoms with van der Waals surface area (Å²) < 4.78 is 0. The Balaban J connectivity index is 2.37. The zero-order chi connectivity index (χ0) is 13.8. The van der Waals surface area contributed by atoms with Crippen LogP contribution >= 0.6 is 22.9 Å². The van der Waals surface area contributed by atoms with Crippen LogP contribution in [0.25, 0.3) is 0 Å². The minimum absolute atomic E-state index is 0.274. The first-order chi connectivity index (χ1) is 9.13. The molecule has 0 saturated carbocycles. The number of thiophene rings is 1. The molecular weight excluding hydrogens is 274 g/mol. The zero-order valence-corrected chi connectivity index (χ0v) is 13.2. The normalized spacial score (nSPS) is 12.6. The molecule has 0 aliphatic carbocycles. The first-order valence-electron chi connectivity index (χ1n) is 6.67. The molecule has 1 heterocycles. The largest absolute Gasteiger partial charge is 0.306 e. The average Bonchev–Trinajstić information content (AvgIpc) is 2.80. The van der Waals surface area contributed by atoms with Gasteiger partial charge in [-0.25, -0.2) is 0 Å². The van der Waals surface area contributed by atoms with E-state index < -0.39 is 0 Å². The zero-order valence-electron chi connectivity index (χ0n) is 11.7. The van der Waals surface area contributed by atoms with Gasteiger partial charge in [-0.15, -0.1) is 11.3 Å². The van der Waals surface area contributed by atoms with Crippen LogP contribution in [0.3, 0.4) is 0 Å². The number of nitrogens with one attached hydrogen (secondary N) is 1. The molecule has 1 aromatic heterocycles. The Morgan fingerprint density at radius 3 is 2.58 bits per heavy atom. The highest BCUT2D eigenvalue weighted by Crippen LogP contribution is 2.31. The fraction of sp³-hybridized carbons (Fsp3) is 0.375. The summed E-state index contributed by atoms with van der Waals surface area (Å²) in [6.45, 7) is 7.45. The van der Waals surface area contributed by atoms with Crippen molar-refractivity contribution < 1.29 is 0 Å². The molecule has 0 fully saturated rings. The monoisotopic (exact) mass is 293 g/mol. The van der Waals surface area contributed by atoms with Crippen molar-refractivity contribution in [2.75, 3.05) is 6.54 Å². The van der Waals surface area contributed by atoms with E-state index in [1.807, 2.05) is 17.4 Å². The Morgan fingerprint density at radius 2 is 2.00 bits per heavy atom. The Morgan fingerprint density at radius 1 is 1.21 bits per heavy atom. The van der Waals surface area contributed by atoms with Gasteiger partial charge in [0.2, 0.25) is 0 Å². The van der Waals surface area contributed by atoms with Crippen molar-refractivity contribution >= 4 is 22.9 Å². The Kier molecular flexibility index (Phi) is 5.03. The van der Waals surface area contributed by atoms with E-state index in [-0.39, 0.29) is 6.04 Å². The number of benzene rings is 1. The van der Waals surface area contributed by atoms with Gasteiger partial charge in [-0.2, -0.15) is 0 Å². The third-order valence-electron chi connectivity index (χ3n) is 3.28. The highest BCUT2D eigenvalue weighted by molar-refractivity contribution is 7.10. The summed E-state index contributed by atoms with van der Waals surface area (Å²) >= 11 is 7.95. The predicted octanol–water partition coefficient (Wildman–Crippen LogP) is 5.11. The summed E-state index contributed by atoms with van der Waals surface area (Å²) in [4.78, 5) is 1.40. The molecule has 2 rings (SSSR count). The van der Waals surface area contributed by atoms with Gasteiger partial charge in [-0.1, -0.05) is 30.7 Å². The third kappa shape index (κ3) is 3.38. The molecule has 0 spiro atoms. The number of rotatable bonds is 5. The van der Waals surface area contributed by atoms with E-state index in [1.54, 1.807) is 0 Å². The predicted molar refractivity (Wildman–Crippen MR) is 85.4 cm³/mol. The van der Waals surface area contributed by atoms with E-state index in [4.69, 9.17) is 11.6 Å². The summed E-state index contributed by atoms with van der Waals surface area (Å²) in [6.07, 6.45) is 1.13. The summed E-state index contributed by atoms with van der Waals surface area (Å²) in [5.41, 5.74) is 3.78. The molecule has 102 valence electrons. The van der Waals surface area contributed by atoms with Crippen molar-refractivity contribution in [2.45, 2.75) is 33.2 Å². The van der Waals surface area contributed by atoms with Crippen molar-refractivity contribution in [1.29, 1.82) is 0 Å². The second kappa shape index (κ2) is 6.56. The fourth-order valence-corrected chi connectivity index (χ4v) is 3.32. The maximum absolute atomic E-state index is 6.13. The van der Waals surface area contributed by atoms with Gasteiger partial charge in [0.1, 0.15) is 0 Å². The van der Waals surface area contributed by atoms with E-state index >= 15 is 0 Å². The quantitative estimate of drug-likeness (QED) is 0.808. The van der Waals surface area contributed by atoms with E-state index in [0.29, 0.717) is 0 Å². The van der Waals surface area contributed by atoms with Crippen molar-refractivity contribution in [1.82, 2.24) is 5.32 Å². The minimum Gasteiger partial charge on any atom is -0.306 e. The molecule has 1 unspecified atom stereocenters. The molecule has 0 bridgehead atoms. The maximum Gasteiger partial charge on any atom is 0.0673 e. The molecule has 0 radical (unpaired) electrons. The molecule has 3 heteroatoms. The van der Waals surface area contributed by atoms with Gasteiger partial charge >= 0.3 is 0 Å². The Labute approximate surface area is 124 Å². The summed E-state index contributed by atoms with van der Waals surface area (Å²) in [5.74, 6) is 0. The average molecular weight is 294 g/mol. The van der Waals surface area contributed by atoms with Gasteiger partial charge < -0.3 is 5.32 Å². The molecule has 1 nitrogen and oxygen atoms in total. The van der Waals surface area contributed by atoms with Gasteiger partial charge in [0.15, 0.2) is 0 Å². The van der Waals surface area contributed by atoms with Crippen LogP contribution in [-0.4, -0.2) is 6.54 Å². The van der Waals surface area contributed by atoms with Crippen LogP contribution < -0.4 is 5.32 Å². The highest BCUT2D eigenvalue weighted by atomic mass is 35.5. The second-order valence-corrected chi connectivity index (χ2v) is 6.22. The Bertz CT molecular complexity index is 547. The first-order valence-corrected chi connectivity index (χ1v) is 7.92. The van der Waals surface area contributed by atoms with Crippen LogP contribution in [-0.2, 0) is 0 Å². The molecule has 0 aliphatic rings. The lowest BCUT2D eigenvalue weighted by Crippen LogP contribution is -2.23. The molecule has 1 atom stereocenters. The van der Waals surface area contributed by atoms with Crippen molar-refractivity contribution in [3.63, 3.8) is 0 Å². The lowest BCUT2D eigenvalue weighted by Gasteiger charge is -2.19. The van der Waals surface area contributed by atoms with Gasteiger partial charge in [-0.3, -0.25) is 0 Å². The molecule has 2 aromatic rings. The lowest BCUT2D eigenvalue weighted by molar-refractivity contribution is 0.603. The van der Waals surface area contributed by atoms with Crippen LogP contribution in [0.2, 0.25) is 5.02 Å². The minimum atomic E-state index is 0.274. The topological polar surface area (TPSA) is 12.0 Å². The molecular formula is C16H20ClNS.